The fourth-order valence-corrected chi connectivity index (χ4v) is 4.27. The Labute approximate surface area is 196 Å². The van der Waals surface area contributed by atoms with Gasteiger partial charge in [-0.15, -0.1) is 0 Å². The molecule has 1 aliphatic rings. The number of hydrogen-bond donors (Lipinski definition) is 1. The van der Waals surface area contributed by atoms with Crippen LogP contribution in [0.3, 0.4) is 0 Å². The summed E-state index contributed by atoms with van der Waals surface area (Å²) in [6, 6.07) is 4.50. The van der Waals surface area contributed by atoms with Gasteiger partial charge < -0.3 is 14.7 Å². The number of hydrogen-bond acceptors (Lipinski definition) is 4. The maximum Gasteiger partial charge on any atom is 0.421 e. The summed E-state index contributed by atoms with van der Waals surface area (Å²) in [4.78, 5) is 30.6. The molecular formula is C25H29F3N2O4. The quantitative estimate of drug-likeness (QED) is 0.515. The zero-order valence-corrected chi connectivity index (χ0v) is 19.6. The highest BCUT2D eigenvalue weighted by atomic mass is 19.4. The lowest BCUT2D eigenvalue weighted by Gasteiger charge is -2.34. The van der Waals surface area contributed by atoms with E-state index in [1.165, 1.54) is 30.2 Å². The average molecular weight is 479 g/mol. The molecule has 1 saturated carbocycles. The lowest BCUT2D eigenvalue weighted by molar-refractivity contribution is -0.139. The van der Waals surface area contributed by atoms with E-state index in [0.29, 0.717) is 11.5 Å². The van der Waals surface area contributed by atoms with E-state index in [4.69, 9.17) is 4.74 Å². The van der Waals surface area contributed by atoms with Crippen molar-refractivity contribution < 1.29 is 32.6 Å². The van der Waals surface area contributed by atoms with Crippen molar-refractivity contribution in [3.05, 3.63) is 47.2 Å². The van der Waals surface area contributed by atoms with Gasteiger partial charge in [-0.1, -0.05) is 6.92 Å². The molecule has 9 heteroatoms. The Bertz CT molecular complexity index is 1060. The van der Waals surface area contributed by atoms with Crippen LogP contribution >= 0.6 is 0 Å². The highest BCUT2D eigenvalue weighted by molar-refractivity contribution is 6.03. The zero-order valence-electron chi connectivity index (χ0n) is 19.6. The number of nitrogens with zero attached hydrogens (tertiary/aromatic N) is 2. The van der Waals surface area contributed by atoms with Gasteiger partial charge in [-0.25, -0.2) is 9.78 Å². The number of benzene rings is 1. The number of ether oxygens (including phenoxy) is 1. The lowest BCUT2D eigenvalue weighted by Crippen LogP contribution is -2.42. The summed E-state index contributed by atoms with van der Waals surface area (Å²) in [5, 5.41) is 9.84. The molecule has 0 spiro atoms. The molecule has 1 aromatic carbocycles. The molecule has 1 fully saturated rings. The maximum absolute atomic E-state index is 13.4. The van der Waals surface area contributed by atoms with Gasteiger partial charge in [0.05, 0.1) is 11.3 Å². The number of aromatic carboxylic acids is 1. The predicted molar refractivity (Wildman–Crippen MR) is 121 cm³/mol. The molecule has 1 N–H and O–H groups in total. The lowest BCUT2D eigenvalue weighted by atomic mass is 9.82. The van der Waals surface area contributed by atoms with Crippen LogP contribution in [0.5, 0.6) is 11.6 Å². The van der Waals surface area contributed by atoms with Crippen LogP contribution in [-0.2, 0) is 11.0 Å². The van der Waals surface area contributed by atoms with Crippen molar-refractivity contribution in [1.29, 1.82) is 0 Å². The Balaban J connectivity index is 1.97. The van der Waals surface area contributed by atoms with Crippen LogP contribution in [0.15, 0.2) is 30.5 Å². The highest BCUT2D eigenvalue weighted by Gasteiger charge is 2.36. The van der Waals surface area contributed by atoms with E-state index in [1.54, 1.807) is 13.8 Å². The third-order valence-electron chi connectivity index (χ3n) is 6.08. The number of alkyl halides is 3. The molecule has 1 aliphatic carbocycles. The van der Waals surface area contributed by atoms with Crippen LogP contribution in [0.4, 0.5) is 18.9 Å². The second-order valence-corrected chi connectivity index (χ2v) is 9.21. The van der Waals surface area contributed by atoms with Gasteiger partial charge in [0.25, 0.3) is 0 Å². The smallest absolute Gasteiger partial charge is 0.421 e. The van der Waals surface area contributed by atoms with Crippen molar-refractivity contribution in [2.75, 3.05) is 4.90 Å². The highest BCUT2D eigenvalue weighted by Crippen LogP contribution is 2.39. The third kappa shape index (κ3) is 5.69. The Kier molecular flexibility index (Phi) is 7.53. The van der Waals surface area contributed by atoms with Crippen molar-refractivity contribution >= 4 is 17.6 Å². The number of carboxylic acids is 1. The molecule has 0 aliphatic heterocycles. The molecule has 1 aromatic heterocycles. The third-order valence-corrected chi connectivity index (χ3v) is 6.08. The standard InChI is InChI=1S/C25H29F3N2O4/c1-14(2)30(23(31)17-7-5-15(3)6-8-17)21-10-9-18(12-19(21)24(32)33)34-22-20(25(26,27)28)11-16(4)13-29-22/h9-15,17H,5-8H2,1-4H3,(H,32,33). The minimum Gasteiger partial charge on any atom is -0.478 e. The van der Waals surface area contributed by atoms with E-state index in [0.717, 1.165) is 37.8 Å². The summed E-state index contributed by atoms with van der Waals surface area (Å²) < 4.78 is 45.7. The van der Waals surface area contributed by atoms with Crippen molar-refractivity contribution in [1.82, 2.24) is 4.98 Å². The molecular weight excluding hydrogens is 449 g/mol. The van der Waals surface area contributed by atoms with Gasteiger partial charge in [0.1, 0.15) is 11.3 Å². The van der Waals surface area contributed by atoms with E-state index in [2.05, 4.69) is 11.9 Å². The molecule has 0 saturated heterocycles. The number of carboxylic acid groups (broad SMARTS) is 1. The summed E-state index contributed by atoms with van der Waals surface area (Å²) in [7, 11) is 0. The molecule has 34 heavy (non-hydrogen) atoms. The monoisotopic (exact) mass is 478 g/mol. The summed E-state index contributed by atoms with van der Waals surface area (Å²) >= 11 is 0. The minimum absolute atomic E-state index is 0.120. The van der Waals surface area contributed by atoms with E-state index in [1.807, 2.05) is 0 Å². The molecule has 184 valence electrons. The number of aromatic nitrogens is 1. The van der Waals surface area contributed by atoms with Crippen LogP contribution in [0.1, 0.15) is 67.9 Å². The number of amides is 1. The van der Waals surface area contributed by atoms with Crippen LogP contribution in [0.2, 0.25) is 0 Å². The van der Waals surface area contributed by atoms with Crippen molar-refractivity contribution in [2.45, 2.75) is 65.6 Å². The van der Waals surface area contributed by atoms with Gasteiger partial charge in [-0.2, -0.15) is 13.2 Å². The minimum atomic E-state index is -4.69. The summed E-state index contributed by atoms with van der Waals surface area (Å²) in [6.07, 6.45) is -0.0974. The second-order valence-electron chi connectivity index (χ2n) is 9.21. The largest absolute Gasteiger partial charge is 0.478 e. The first kappa shape index (κ1) is 25.5. The Morgan fingerprint density at radius 1 is 1.15 bits per heavy atom. The number of carbonyl (C=O) groups excluding carboxylic acids is 1. The van der Waals surface area contributed by atoms with E-state index in [9.17, 15) is 27.9 Å². The molecule has 1 heterocycles. The van der Waals surface area contributed by atoms with Crippen LogP contribution < -0.4 is 9.64 Å². The first-order valence-corrected chi connectivity index (χ1v) is 11.3. The number of aryl methyl sites for hydroxylation is 1. The van der Waals surface area contributed by atoms with Crippen molar-refractivity contribution in [3.8, 4) is 11.6 Å². The van der Waals surface area contributed by atoms with Gasteiger partial charge in [-0.05, 0) is 82.2 Å². The fourth-order valence-electron chi connectivity index (χ4n) is 4.27. The molecule has 1 amide bonds. The van der Waals surface area contributed by atoms with Crippen LogP contribution in [-0.4, -0.2) is 28.0 Å². The van der Waals surface area contributed by atoms with Gasteiger partial charge in [0, 0.05) is 18.2 Å². The van der Waals surface area contributed by atoms with E-state index in [-0.39, 0.29) is 34.9 Å². The molecule has 0 radical (unpaired) electrons. The van der Waals surface area contributed by atoms with Gasteiger partial charge >= 0.3 is 12.1 Å². The Morgan fingerprint density at radius 3 is 2.35 bits per heavy atom. The number of halogens is 3. The Morgan fingerprint density at radius 2 is 1.79 bits per heavy atom. The topological polar surface area (TPSA) is 79.7 Å². The van der Waals surface area contributed by atoms with Gasteiger partial charge in [-0.3, -0.25) is 4.79 Å². The summed E-state index contributed by atoms with van der Waals surface area (Å²) in [5.41, 5.74) is -0.792. The normalized spacial score (nSPS) is 18.6. The molecule has 6 nitrogen and oxygen atoms in total. The number of pyridine rings is 1. The molecule has 0 unspecified atom stereocenters. The van der Waals surface area contributed by atoms with E-state index < -0.39 is 23.6 Å². The zero-order chi connectivity index (χ0) is 25.2. The first-order chi connectivity index (χ1) is 15.9. The number of rotatable bonds is 6. The molecule has 0 bridgehead atoms. The first-order valence-electron chi connectivity index (χ1n) is 11.3. The number of carbonyl (C=O) groups is 2. The summed E-state index contributed by atoms with van der Waals surface area (Å²) in [6.45, 7) is 7.22. The van der Waals surface area contributed by atoms with Crippen molar-refractivity contribution in [3.63, 3.8) is 0 Å². The maximum atomic E-state index is 13.4. The predicted octanol–water partition coefficient (Wildman–Crippen LogP) is 6.47. The fraction of sp³-hybridized carbons (Fsp3) is 0.480. The SMILES string of the molecule is Cc1cnc(Oc2ccc(N(C(=O)C3CCC(C)CC3)C(C)C)c(C(=O)O)c2)c(C(F)(F)F)c1. The molecule has 3 rings (SSSR count). The van der Waals surface area contributed by atoms with Gasteiger partial charge in [0.15, 0.2) is 0 Å². The Hall–Kier alpha value is -3.10. The van der Waals surface area contributed by atoms with Crippen molar-refractivity contribution in [2.24, 2.45) is 11.8 Å². The second kappa shape index (κ2) is 10.0. The van der Waals surface area contributed by atoms with Crippen LogP contribution in [0.25, 0.3) is 0 Å². The molecule has 2 aromatic rings. The number of anilines is 1. The summed E-state index contributed by atoms with van der Waals surface area (Å²) in [5.74, 6) is -1.88. The van der Waals surface area contributed by atoms with Crippen LogP contribution in [0, 0.1) is 18.8 Å². The van der Waals surface area contributed by atoms with Gasteiger partial charge in [0.2, 0.25) is 11.8 Å². The van der Waals surface area contributed by atoms with E-state index >= 15 is 0 Å². The average Bonchev–Trinajstić information content (AvgIpc) is 2.75. The molecule has 0 atom stereocenters.